The number of rotatable bonds is 7. The fourth-order valence-corrected chi connectivity index (χ4v) is 5.69. The molecule has 3 heterocycles. The van der Waals surface area contributed by atoms with Gasteiger partial charge in [0.1, 0.15) is 5.82 Å². The van der Waals surface area contributed by atoms with Crippen LogP contribution in [-0.4, -0.2) is 37.9 Å². The number of aryl methyl sites for hydroxylation is 1. The van der Waals surface area contributed by atoms with E-state index >= 15 is 0 Å². The summed E-state index contributed by atoms with van der Waals surface area (Å²) in [7, 11) is 0. The van der Waals surface area contributed by atoms with Crippen molar-refractivity contribution in [1.29, 1.82) is 0 Å². The second-order valence-corrected chi connectivity index (χ2v) is 11.5. The van der Waals surface area contributed by atoms with Crippen LogP contribution in [0.25, 0.3) is 22.6 Å². The minimum Gasteiger partial charge on any atom is -0.403 e. The van der Waals surface area contributed by atoms with Gasteiger partial charge in [0.2, 0.25) is 6.17 Å². The Morgan fingerprint density at radius 1 is 0.837 bits per heavy atom. The molecule has 3 aliphatic rings. The van der Waals surface area contributed by atoms with Gasteiger partial charge in [0.25, 0.3) is 11.8 Å². The zero-order valence-corrected chi connectivity index (χ0v) is 23.6. The van der Waals surface area contributed by atoms with E-state index in [4.69, 9.17) is 9.41 Å². The smallest absolute Gasteiger partial charge is 0.317 e. The normalized spacial score (nSPS) is 17.9. The van der Waals surface area contributed by atoms with Crippen LogP contribution >= 0.6 is 0 Å². The third kappa shape index (κ3) is 4.97. The van der Waals surface area contributed by atoms with Gasteiger partial charge in [-0.1, -0.05) is 59.7 Å². The van der Waals surface area contributed by atoms with Crippen LogP contribution in [0.3, 0.4) is 0 Å². The monoisotopic (exact) mass is 567 g/mol. The van der Waals surface area contributed by atoms with Crippen molar-refractivity contribution in [1.82, 2.24) is 20.2 Å². The first kappa shape index (κ1) is 25.5. The van der Waals surface area contributed by atoms with E-state index in [0.717, 1.165) is 52.0 Å². The number of aromatic nitrogens is 4. The van der Waals surface area contributed by atoms with E-state index in [1.165, 1.54) is 18.4 Å². The maximum Gasteiger partial charge on any atom is 0.317 e. The lowest BCUT2D eigenvalue weighted by Crippen LogP contribution is -2.32. The van der Waals surface area contributed by atoms with Crippen molar-refractivity contribution in [3.8, 4) is 22.6 Å². The van der Waals surface area contributed by atoms with Crippen molar-refractivity contribution < 1.29 is 9.21 Å². The van der Waals surface area contributed by atoms with Crippen molar-refractivity contribution in [3.05, 3.63) is 107 Å². The van der Waals surface area contributed by atoms with Gasteiger partial charge in [-0.25, -0.2) is 15.0 Å². The Hall–Kier alpha value is -5.18. The highest BCUT2D eigenvalue weighted by molar-refractivity contribution is 6.19. The Kier molecular flexibility index (Phi) is 6.10. The summed E-state index contributed by atoms with van der Waals surface area (Å²) in [5.41, 5.74) is 8.16. The molecule has 0 bridgehead atoms. The van der Waals surface area contributed by atoms with Gasteiger partial charge < -0.3 is 15.1 Å². The molecule has 2 aliphatic carbocycles. The van der Waals surface area contributed by atoms with Gasteiger partial charge in [-0.05, 0) is 67.3 Å². The molecule has 2 aromatic heterocycles. The lowest BCUT2D eigenvalue weighted by molar-refractivity contribution is -0.116. The molecule has 0 spiro atoms. The lowest BCUT2D eigenvalue weighted by Gasteiger charge is -2.13. The number of benzene rings is 3. The molecule has 5 aromatic rings. The third-order valence-corrected chi connectivity index (χ3v) is 8.22. The topological polar surface area (TPSA) is 118 Å². The number of hydrogen-bond acceptors (Lipinski definition) is 8. The van der Waals surface area contributed by atoms with Gasteiger partial charge in [0.15, 0.2) is 0 Å². The van der Waals surface area contributed by atoms with E-state index < -0.39 is 6.17 Å². The molecule has 2 N–H and O–H groups in total. The first-order chi connectivity index (χ1) is 21.1. The molecule has 9 nitrogen and oxygen atoms in total. The van der Waals surface area contributed by atoms with Gasteiger partial charge in [-0.15, -0.1) is 5.10 Å². The van der Waals surface area contributed by atoms with Gasteiger partial charge in [-0.2, -0.15) is 0 Å². The molecule has 2 saturated carbocycles. The fourth-order valence-electron chi connectivity index (χ4n) is 5.69. The van der Waals surface area contributed by atoms with Crippen LogP contribution in [0.5, 0.6) is 0 Å². The summed E-state index contributed by atoms with van der Waals surface area (Å²) < 4.78 is 6.19. The number of carbonyl (C=O) groups excluding carboxylic acids is 1. The zero-order chi connectivity index (χ0) is 28.9. The number of fused-ring (bicyclic) bond motifs is 1. The zero-order valence-electron chi connectivity index (χ0n) is 23.6. The number of para-hydroxylation sites is 1. The molecular weight excluding hydrogens is 538 g/mol. The average Bonchev–Trinajstić information content (AvgIpc) is 3.97. The van der Waals surface area contributed by atoms with Crippen LogP contribution < -0.4 is 10.6 Å². The second-order valence-electron chi connectivity index (χ2n) is 11.5. The highest BCUT2D eigenvalue weighted by atomic mass is 16.4. The summed E-state index contributed by atoms with van der Waals surface area (Å²) in [4.78, 5) is 27.5. The number of aliphatic imine (C=N–C) groups is 1. The van der Waals surface area contributed by atoms with Gasteiger partial charge >= 0.3 is 6.01 Å². The van der Waals surface area contributed by atoms with Crippen LogP contribution in [-0.2, 0) is 4.79 Å². The number of amides is 1. The standard InChI is InChI=1S/C34H29N7O2/c1-19-15-23(20-11-12-20)16-26(24-17-35-30(36-18-24)22-13-14-22)28(19)33-40-41-34(43-33)39-31-32(42)37-27-10-6-5-9-25(27)29(38-31)21-7-3-2-4-8-21/h2-10,15-18,20,22,31H,11-14H2,1H3,(H,37,42)(H,39,41)/t31-/m1/s1. The van der Waals surface area contributed by atoms with Crippen molar-refractivity contribution in [2.75, 3.05) is 10.6 Å². The summed E-state index contributed by atoms with van der Waals surface area (Å²) in [5, 5.41) is 14.8. The Balaban J connectivity index is 1.15. The molecule has 1 aliphatic heterocycles. The number of carbonyl (C=O) groups is 1. The molecular formula is C34H29N7O2. The van der Waals surface area contributed by atoms with Crippen LogP contribution in [0.15, 0.2) is 88.5 Å². The summed E-state index contributed by atoms with van der Waals surface area (Å²) in [6.45, 7) is 2.06. The Bertz CT molecular complexity index is 1870. The maximum atomic E-state index is 13.3. The summed E-state index contributed by atoms with van der Waals surface area (Å²) >= 11 is 0. The molecule has 0 unspecified atom stereocenters. The van der Waals surface area contributed by atoms with E-state index in [2.05, 4.69) is 49.9 Å². The predicted molar refractivity (Wildman–Crippen MR) is 164 cm³/mol. The van der Waals surface area contributed by atoms with E-state index in [0.29, 0.717) is 29.1 Å². The minimum absolute atomic E-state index is 0.106. The van der Waals surface area contributed by atoms with Crippen molar-refractivity contribution in [3.63, 3.8) is 0 Å². The lowest BCUT2D eigenvalue weighted by atomic mass is 9.93. The Morgan fingerprint density at radius 2 is 1.58 bits per heavy atom. The van der Waals surface area contributed by atoms with Crippen LogP contribution in [0.1, 0.15) is 65.6 Å². The highest BCUT2D eigenvalue weighted by Crippen LogP contribution is 2.45. The summed E-state index contributed by atoms with van der Waals surface area (Å²) in [6, 6.07) is 22.0. The van der Waals surface area contributed by atoms with Crippen LogP contribution in [0.2, 0.25) is 0 Å². The Morgan fingerprint density at radius 3 is 2.35 bits per heavy atom. The number of anilines is 2. The molecule has 2 fully saturated rings. The van der Waals surface area contributed by atoms with Crippen LogP contribution in [0, 0.1) is 6.92 Å². The molecule has 1 amide bonds. The predicted octanol–water partition coefficient (Wildman–Crippen LogP) is 6.48. The van der Waals surface area contributed by atoms with Gasteiger partial charge in [-0.3, -0.25) is 4.79 Å². The van der Waals surface area contributed by atoms with Crippen LogP contribution in [0.4, 0.5) is 11.7 Å². The largest absolute Gasteiger partial charge is 0.403 e. The highest BCUT2D eigenvalue weighted by Gasteiger charge is 2.30. The van der Waals surface area contributed by atoms with E-state index in [9.17, 15) is 4.79 Å². The summed E-state index contributed by atoms with van der Waals surface area (Å²) in [5.74, 6) is 2.00. The maximum absolute atomic E-state index is 13.3. The van der Waals surface area contributed by atoms with E-state index in [1.807, 2.05) is 67.0 Å². The first-order valence-corrected chi connectivity index (χ1v) is 14.7. The molecule has 3 aromatic carbocycles. The number of benzodiazepines with no additional fused rings is 1. The Labute approximate surface area is 248 Å². The average molecular weight is 568 g/mol. The van der Waals surface area contributed by atoms with Gasteiger partial charge in [0.05, 0.1) is 11.4 Å². The van der Waals surface area contributed by atoms with Crippen molar-refractivity contribution in [2.24, 2.45) is 4.99 Å². The van der Waals surface area contributed by atoms with E-state index in [1.54, 1.807) is 0 Å². The molecule has 0 radical (unpaired) electrons. The number of nitrogens with zero attached hydrogens (tertiary/aromatic N) is 5. The summed E-state index contributed by atoms with van der Waals surface area (Å²) in [6.07, 6.45) is 7.51. The SMILES string of the molecule is Cc1cc(C2CC2)cc(-c2cnc(C3CC3)nc2)c1-c1nnc(N[C@H]2N=C(c3ccccc3)c3ccccc3NC2=O)o1. The van der Waals surface area contributed by atoms with E-state index in [-0.39, 0.29) is 11.9 Å². The molecule has 212 valence electrons. The molecule has 43 heavy (non-hydrogen) atoms. The van der Waals surface area contributed by atoms with Gasteiger partial charge in [0, 0.05) is 40.6 Å². The second kappa shape index (κ2) is 10.3. The fraction of sp³-hybridized carbons (Fsp3) is 0.235. The van der Waals surface area contributed by atoms with Crippen molar-refractivity contribution in [2.45, 2.75) is 50.6 Å². The molecule has 9 heteroatoms. The molecule has 8 rings (SSSR count). The first-order valence-electron chi connectivity index (χ1n) is 14.7. The molecule has 0 saturated heterocycles. The quantitative estimate of drug-likeness (QED) is 0.231. The third-order valence-electron chi connectivity index (χ3n) is 8.22. The molecule has 1 atom stereocenters. The number of nitrogens with one attached hydrogen (secondary N) is 2. The number of hydrogen-bond donors (Lipinski definition) is 2. The minimum atomic E-state index is -0.989. The van der Waals surface area contributed by atoms with Crippen molar-refractivity contribution >= 4 is 23.3 Å².